The van der Waals surface area contributed by atoms with Crippen LogP contribution in [0.15, 0.2) is 23.1 Å². The first-order valence-electron chi connectivity index (χ1n) is 5.48. The maximum absolute atomic E-state index is 13.1. The second kappa shape index (κ2) is 4.71. The average Bonchev–Trinajstić information content (AvgIpc) is 3.11. The van der Waals surface area contributed by atoms with Crippen LogP contribution in [0.3, 0.4) is 0 Å². The minimum atomic E-state index is -3.75. The predicted octanol–water partition coefficient (Wildman–Crippen LogP) is 1.58. The highest BCUT2D eigenvalue weighted by molar-refractivity contribution is 8.00. The maximum atomic E-state index is 13.1. The van der Waals surface area contributed by atoms with Gasteiger partial charge >= 0.3 is 0 Å². The van der Waals surface area contributed by atoms with Crippen molar-refractivity contribution in [3.05, 3.63) is 24.0 Å². The predicted molar refractivity (Wildman–Crippen MR) is 71.5 cm³/mol. The molecule has 1 fully saturated rings. The Hall–Kier alpha value is -0.790. The lowest BCUT2D eigenvalue weighted by atomic mass is 10.3. The van der Waals surface area contributed by atoms with Crippen LogP contribution in [-0.4, -0.2) is 26.0 Å². The minimum absolute atomic E-state index is 0.00908. The van der Waals surface area contributed by atoms with Crippen molar-refractivity contribution in [2.24, 2.45) is 0 Å². The summed E-state index contributed by atoms with van der Waals surface area (Å²) in [6.45, 7) is 0.354. The molecule has 100 valence electrons. The number of sulfonamides is 1. The molecule has 0 aliphatic heterocycles. The van der Waals surface area contributed by atoms with Crippen LogP contribution in [0.5, 0.6) is 0 Å². The first-order valence-corrected chi connectivity index (χ1v) is 8.19. The highest BCUT2D eigenvalue weighted by Crippen LogP contribution is 2.46. The fourth-order valence-electron chi connectivity index (χ4n) is 1.64. The topological polar surface area (TPSA) is 72.2 Å². The summed E-state index contributed by atoms with van der Waals surface area (Å²) in [6.07, 6.45) is 3.95. The summed E-state index contributed by atoms with van der Waals surface area (Å²) in [5, 5.41) is 0. The summed E-state index contributed by atoms with van der Waals surface area (Å²) >= 11 is 1.65. The lowest BCUT2D eigenvalue weighted by Crippen LogP contribution is -2.32. The molecule has 2 rings (SSSR count). The number of hydrogen-bond acceptors (Lipinski definition) is 4. The lowest BCUT2D eigenvalue weighted by molar-refractivity contribution is 0.576. The molecule has 0 atom stereocenters. The van der Waals surface area contributed by atoms with Crippen molar-refractivity contribution < 1.29 is 12.8 Å². The summed E-state index contributed by atoms with van der Waals surface area (Å²) in [5.74, 6) is -0.615. The fourth-order valence-corrected chi connectivity index (χ4v) is 3.72. The van der Waals surface area contributed by atoms with E-state index in [2.05, 4.69) is 4.72 Å². The Bertz CT molecular complexity index is 556. The molecule has 3 N–H and O–H groups in total. The second-order valence-corrected chi connectivity index (χ2v) is 7.40. The van der Waals surface area contributed by atoms with Gasteiger partial charge in [0, 0.05) is 11.3 Å². The minimum Gasteiger partial charge on any atom is -0.398 e. The van der Waals surface area contributed by atoms with Gasteiger partial charge in [-0.3, -0.25) is 0 Å². The number of anilines is 1. The summed E-state index contributed by atoms with van der Waals surface area (Å²) in [5.41, 5.74) is 5.63. The average molecular weight is 290 g/mol. The van der Waals surface area contributed by atoms with Crippen LogP contribution >= 0.6 is 11.8 Å². The molecule has 0 bridgehead atoms. The quantitative estimate of drug-likeness (QED) is 0.808. The molecule has 0 saturated heterocycles. The zero-order valence-corrected chi connectivity index (χ0v) is 11.6. The van der Waals surface area contributed by atoms with Crippen LogP contribution in [0.1, 0.15) is 12.8 Å². The molecule has 1 aromatic carbocycles. The van der Waals surface area contributed by atoms with Gasteiger partial charge in [0.25, 0.3) is 0 Å². The zero-order valence-electron chi connectivity index (χ0n) is 9.94. The van der Waals surface area contributed by atoms with E-state index in [9.17, 15) is 12.8 Å². The number of nitrogen functional groups attached to an aromatic ring is 1. The second-order valence-electron chi connectivity index (χ2n) is 4.39. The van der Waals surface area contributed by atoms with E-state index in [-0.39, 0.29) is 15.3 Å². The molecule has 1 saturated carbocycles. The van der Waals surface area contributed by atoms with Crippen molar-refractivity contribution in [3.63, 3.8) is 0 Å². The van der Waals surface area contributed by atoms with Crippen LogP contribution < -0.4 is 10.5 Å². The number of nitrogens with two attached hydrogens (primary N) is 1. The molecule has 0 amide bonds. The first kappa shape index (κ1) is 13.6. The normalized spacial score (nSPS) is 17.7. The Balaban J connectivity index is 2.18. The van der Waals surface area contributed by atoms with Crippen molar-refractivity contribution >= 4 is 27.5 Å². The van der Waals surface area contributed by atoms with E-state index in [4.69, 9.17) is 5.73 Å². The van der Waals surface area contributed by atoms with Gasteiger partial charge in [-0.25, -0.2) is 17.5 Å². The molecule has 4 nitrogen and oxygen atoms in total. The van der Waals surface area contributed by atoms with Gasteiger partial charge in [0.2, 0.25) is 10.0 Å². The van der Waals surface area contributed by atoms with E-state index in [0.29, 0.717) is 6.54 Å². The molecule has 7 heteroatoms. The largest absolute Gasteiger partial charge is 0.398 e. The van der Waals surface area contributed by atoms with Crippen molar-refractivity contribution in [1.82, 2.24) is 4.72 Å². The summed E-state index contributed by atoms with van der Waals surface area (Å²) in [7, 11) is -3.75. The van der Waals surface area contributed by atoms with Gasteiger partial charge in [-0.1, -0.05) is 0 Å². The summed E-state index contributed by atoms with van der Waals surface area (Å²) < 4.78 is 39.6. The fraction of sp³-hybridized carbons (Fsp3) is 0.455. The third-order valence-electron chi connectivity index (χ3n) is 3.09. The molecule has 1 aliphatic carbocycles. The maximum Gasteiger partial charge on any atom is 0.242 e. The third kappa shape index (κ3) is 2.78. The Morgan fingerprint density at radius 2 is 2.17 bits per heavy atom. The van der Waals surface area contributed by atoms with E-state index in [0.717, 1.165) is 25.0 Å². The van der Waals surface area contributed by atoms with E-state index < -0.39 is 15.8 Å². The van der Waals surface area contributed by atoms with Gasteiger partial charge in [0.05, 0.1) is 5.69 Å². The van der Waals surface area contributed by atoms with Crippen molar-refractivity contribution in [2.75, 3.05) is 18.5 Å². The molecule has 0 aromatic heterocycles. The molecule has 0 radical (unpaired) electrons. The van der Waals surface area contributed by atoms with E-state index in [1.165, 1.54) is 6.07 Å². The van der Waals surface area contributed by atoms with Crippen molar-refractivity contribution in [1.29, 1.82) is 0 Å². The van der Waals surface area contributed by atoms with Gasteiger partial charge in [0.1, 0.15) is 10.7 Å². The van der Waals surface area contributed by atoms with Gasteiger partial charge in [-0.2, -0.15) is 11.8 Å². The monoisotopic (exact) mass is 290 g/mol. The number of hydrogen-bond donors (Lipinski definition) is 2. The zero-order chi connectivity index (χ0) is 13.4. The Labute approximate surface area is 110 Å². The van der Waals surface area contributed by atoms with Gasteiger partial charge < -0.3 is 5.73 Å². The van der Waals surface area contributed by atoms with E-state index in [1.807, 2.05) is 6.26 Å². The van der Waals surface area contributed by atoms with E-state index in [1.54, 1.807) is 11.8 Å². The van der Waals surface area contributed by atoms with Crippen LogP contribution in [-0.2, 0) is 10.0 Å². The molecule has 1 aromatic rings. The van der Waals surface area contributed by atoms with Gasteiger partial charge in [-0.05, 0) is 37.3 Å². The first-order chi connectivity index (χ1) is 8.38. The SMILES string of the molecule is CSC1(CNS(=O)(=O)c2cc(F)ccc2N)CC1. The smallest absolute Gasteiger partial charge is 0.242 e. The Morgan fingerprint density at radius 1 is 1.50 bits per heavy atom. The number of rotatable bonds is 5. The molecule has 0 unspecified atom stereocenters. The Kier molecular flexibility index (Phi) is 3.57. The van der Waals surface area contributed by atoms with Gasteiger partial charge in [-0.15, -0.1) is 0 Å². The molecule has 0 spiro atoms. The molecular weight excluding hydrogens is 275 g/mol. The highest BCUT2D eigenvalue weighted by Gasteiger charge is 2.42. The number of nitrogens with one attached hydrogen (secondary N) is 1. The van der Waals surface area contributed by atoms with Crippen molar-refractivity contribution in [3.8, 4) is 0 Å². The Morgan fingerprint density at radius 3 is 2.72 bits per heavy atom. The van der Waals surface area contributed by atoms with Crippen LogP contribution in [0.2, 0.25) is 0 Å². The van der Waals surface area contributed by atoms with Gasteiger partial charge in [0.15, 0.2) is 0 Å². The standard InChI is InChI=1S/C11H15FN2O2S2/c1-17-11(4-5-11)7-14-18(15,16)10-6-8(12)2-3-9(10)13/h2-3,6,14H,4-5,7,13H2,1H3. The van der Waals surface area contributed by atoms with Crippen LogP contribution in [0.25, 0.3) is 0 Å². The molecular formula is C11H15FN2O2S2. The van der Waals surface area contributed by atoms with Crippen LogP contribution in [0.4, 0.5) is 10.1 Å². The van der Waals surface area contributed by atoms with Crippen LogP contribution in [0, 0.1) is 5.82 Å². The summed E-state index contributed by atoms with van der Waals surface area (Å²) in [4.78, 5) is -0.195. The molecule has 0 heterocycles. The molecule has 18 heavy (non-hydrogen) atoms. The van der Waals surface area contributed by atoms with E-state index >= 15 is 0 Å². The highest BCUT2D eigenvalue weighted by atomic mass is 32.2. The number of benzene rings is 1. The third-order valence-corrected chi connectivity index (χ3v) is 5.97. The number of halogens is 1. The lowest BCUT2D eigenvalue weighted by Gasteiger charge is -2.14. The molecule has 1 aliphatic rings. The van der Waals surface area contributed by atoms with Crippen molar-refractivity contribution in [2.45, 2.75) is 22.5 Å². The number of thioether (sulfide) groups is 1. The summed E-state index contributed by atoms with van der Waals surface area (Å²) in [6, 6.07) is 3.33.